The van der Waals surface area contributed by atoms with Gasteiger partial charge in [0, 0.05) is 7.11 Å². The average Bonchev–Trinajstić information content (AvgIpc) is 1.88. The number of hydrogen-bond donors (Lipinski definition) is 2. The minimum atomic E-state index is -0.783. The Morgan fingerprint density at radius 1 is 1.30 bits per heavy atom. The summed E-state index contributed by atoms with van der Waals surface area (Å²) in [5, 5.41) is 0. The minimum absolute atomic E-state index is 0.0280. The number of rotatable bonds is 1. The van der Waals surface area contributed by atoms with Gasteiger partial charge >= 0.3 is 0 Å². The van der Waals surface area contributed by atoms with Crippen LogP contribution in [0.5, 0.6) is 0 Å². The zero-order valence-electron chi connectivity index (χ0n) is 5.95. The highest BCUT2D eigenvalue weighted by molar-refractivity contribution is 5.23. The topological polar surface area (TPSA) is 61.3 Å². The Balaban J connectivity index is 2.62. The summed E-state index contributed by atoms with van der Waals surface area (Å²) in [6.45, 7) is 0. The van der Waals surface area contributed by atoms with Crippen molar-refractivity contribution in [1.82, 2.24) is 0 Å². The van der Waals surface area contributed by atoms with E-state index in [9.17, 15) is 0 Å². The Morgan fingerprint density at radius 3 is 2.20 bits per heavy atom. The van der Waals surface area contributed by atoms with Crippen LogP contribution in [0.4, 0.5) is 0 Å². The molecule has 0 heterocycles. The van der Waals surface area contributed by atoms with Gasteiger partial charge in [0.05, 0.1) is 6.10 Å². The third kappa shape index (κ3) is 1.67. The Morgan fingerprint density at radius 2 is 1.80 bits per heavy atom. The third-order valence-corrected chi connectivity index (χ3v) is 1.42. The van der Waals surface area contributed by atoms with Crippen LogP contribution in [0.25, 0.3) is 0 Å². The van der Waals surface area contributed by atoms with E-state index in [1.165, 1.54) is 0 Å². The van der Waals surface area contributed by atoms with Gasteiger partial charge in [-0.3, -0.25) is 0 Å². The first-order valence-corrected chi connectivity index (χ1v) is 3.13. The highest BCUT2D eigenvalue weighted by Gasteiger charge is 2.15. The van der Waals surface area contributed by atoms with Crippen LogP contribution in [0.15, 0.2) is 24.3 Å². The second-order valence-electron chi connectivity index (χ2n) is 2.42. The molecule has 0 fully saturated rings. The van der Waals surface area contributed by atoms with Crippen LogP contribution in [0, 0.1) is 0 Å². The summed E-state index contributed by atoms with van der Waals surface area (Å²) in [6, 6.07) is 0. The van der Waals surface area contributed by atoms with Crippen LogP contribution in [0.1, 0.15) is 0 Å². The molecule has 1 rings (SSSR count). The van der Waals surface area contributed by atoms with Gasteiger partial charge in [0.1, 0.15) is 5.66 Å². The maximum Gasteiger partial charge on any atom is 0.102 e. The van der Waals surface area contributed by atoms with Crippen LogP contribution in [0.2, 0.25) is 0 Å². The average molecular weight is 140 g/mol. The molecule has 1 aliphatic rings. The lowest BCUT2D eigenvalue weighted by atomic mass is 10.0. The van der Waals surface area contributed by atoms with Gasteiger partial charge in [-0.05, 0) is 12.2 Å². The summed E-state index contributed by atoms with van der Waals surface area (Å²) in [5.74, 6) is 0. The fourth-order valence-electron chi connectivity index (χ4n) is 0.800. The van der Waals surface area contributed by atoms with E-state index in [0.717, 1.165) is 0 Å². The molecular weight excluding hydrogens is 128 g/mol. The van der Waals surface area contributed by atoms with Gasteiger partial charge in [-0.15, -0.1) is 0 Å². The van der Waals surface area contributed by atoms with Gasteiger partial charge in [-0.25, -0.2) is 0 Å². The zero-order chi connectivity index (χ0) is 7.61. The summed E-state index contributed by atoms with van der Waals surface area (Å²) in [4.78, 5) is 0. The first-order valence-electron chi connectivity index (χ1n) is 3.13. The van der Waals surface area contributed by atoms with Crippen LogP contribution in [-0.2, 0) is 4.74 Å². The molecule has 0 unspecified atom stereocenters. The molecule has 0 bridgehead atoms. The Kier molecular flexibility index (Phi) is 1.89. The molecule has 0 aromatic carbocycles. The van der Waals surface area contributed by atoms with Crippen molar-refractivity contribution in [3.05, 3.63) is 24.3 Å². The molecule has 3 heteroatoms. The van der Waals surface area contributed by atoms with Crippen LogP contribution >= 0.6 is 0 Å². The van der Waals surface area contributed by atoms with E-state index in [2.05, 4.69) is 0 Å². The summed E-state index contributed by atoms with van der Waals surface area (Å²) >= 11 is 0. The lowest BCUT2D eigenvalue weighted by Gasteiger charge is -2.20. The molecule has 0 aromatic heterocycles. The maximum atomic E-state index is 5.54. The fourth-order valence-corrected chi connectivity index (χ4v) is 0.800. The predicted molar refractivity (Wildman–Crippen MR) is 40.2 cm³/mol. The monoisotopic (exact) mass is 140 g/mol. The van der Waals surface area contributed by atoms with E-state index in [4.69, 9.17) is 16.2 Å². The number of nitrogens with two attached hydrogens (primary N) is 2. The Labute approximate surface area is 60.3 Å². The molecule has 4 N–H and O–H groups in total. The Hall–Kier alpha value is -0.640. The van der Waals surface area contributed by atoms with Gasteiger partial charge in [0.2, 0.25) is 0 Å². The minimum Gasteiger partial charge on any atom is -0.373 e. The van der Waals surface area contributed by atoms with E-state index in [0.29, 0.717) is 0 Å². The largest absolute Gasteiger partial charge is 0.373 e. The summed E-state index contributed by atoms with van der Waals surface area (Å²) in [5.41, 5.74) is 10.3. The Bertz CT molecular complexity index is 156. The molecule has 10 heavy (non-hydrogen) atoms. The molecular formula is C7H12N2O. The summed E-state index contributed by atoms with van der Waals surface area (Å²) in [6.07, 6.45) is 7.14. The standard InChI is InChI=1S/C7H12N2O/c1-10-6-2-4-7(8,9)5-3-6/h2-6H,8-9H2,1H3. The number of methoxy groups -OCH3 is 1. The SMILES string of the molecule is COC1C=CC(N)(N)C=C1. The first kappa shape index (κ1) is 7.47. The summed E-state index contributed by atoms with van der Waals surface area (Å²) in [7, 11) is 1.64. The molecule has 0 spiro atoms. The van der Waals surface area contributed by atoms with E-state index in [1.807, 2.05) is 12.2 Å². The van der Waals surface area contributed by atoms with Crippen molar-refractivity contribution in [1.29, 1.82) is 0 Å². The van der Waals surface area contributed by atoms with E-state index in [-0.39, 0.29) is 6.10 Å². The van der Waals surface area contributed by atoms with Gasteiger partial charge < -0.3 is 16.2 Å². The van der Waals surface area contributed by atoms with E-state index < -0.39 is 5.66 Å². The smallest absolute Gasteiger partial charge is 0.102 e. The lowest BCUT2D eigenvalue weighted by Crippen LogP contribution is -2.46. The number of hydrogen-bond acceptors (Lipinski definition) is 3. The third-order valence-electron chi connectivity index (χ3n) is 1.42. The molecule has 0 atom stereocenters. The van der Waals surface area contributed by atoms with Gasteiger partial charge in [-0.2, -0.15) is 0 Å². The van der Waals surface area contributed by atoms with Crippen LogP contribution < -0.4 is 11.5 Å². The van der Waals surface area contributed by atoms with Crippen molar-refractivity contribution in [2.45, 2.75) is 11.8 Å². The molecule has 0 aliphatic heterocycles. The lowest BCUT2D eigenvalue weighted by molar-refractivity contribution is 0.175. The molecule has 0 aromatic rings. The summed E-state index contributed by atoms with van der Waals surface area (Å²) < 4.78 is 5.00. The molecule has 0 amide bonds. The fraction of sp³-hybridized carbons (Fsp3) is 0.429. The van der Waals surface area contributed by atoms with Gasteiger partial charge in [-0.1, -0.05) is 12.2 Å². The molecule has 0 saturated carbocycles. The molecule has 56 valence electrons. The van der Waals surface area contributed by atoms with Crippen molar-refractivity contribution < 1.29 is 4.74 Å². The van der Waals surface area contributed by atoms with Gasteiger partial charge in [0.15, 0.2) is 0 Å². The van der Waals surface area contributed by atoms with Crippen molar-refractivity contribution in [2.24, 2.45) is 11.5 Å². The van der Waals surface area contributed by atoms with Gasteiger partial charge in [0.25, 0.3) is 0 Å². The zero-order valence-corrected chi connectivity index (χ0v) is 5.95. The molecule has 0 radical (unpaired) electrons. The van der Waals surface area contributed by atoms with Crippen molar-refractivity contribution in [2.75, 3.05) is 7.11 Å². The van der Waals surface area contributed by atoms with E-state index >= 15 is 0 Å². The highest BCUT2D eigenvalue weighted by atomic mass is 16.5. The highest BCUT2D eigenvalue weighted by Crippen LogP contribution is 2.08. The van der Waals surface area contributed by atoms with Crippen LogP contribution in [-0.4, -0.2) is 18.9 Å². The quantitative estimate of drug-likeness (QED) is 0.389. The van der Waals surface area contributed by atoms with Crippen molar-refractivity contribution >= 4 is 0 Å². The number of ether oxygens (including phenoxy) is 1. The molecule has 0 saturated heterocycles. The maximum absolute atomic E-state index is 5.54. The van der Waals surface area contributed by atoms with E-state index in [1.54, 1.807) is 19.3 Å². The second-order valence-corrected chi connectivity index (χ2v) is 2.42. The first-order chi connectivity index (χ1) is 4.64. The molecule has 3 nitrogen and oxygen atoms in total. The van der Waals surface area contributed by atoms with Crippen LogP contribution in [0.3, 0.4) is 0 Å². The van der Waals surface area contributed by atoms with Crippen molar-refractivity contribution in [3.63, 3.8) is 0 Å². The predicted octanol–water partition coefficient (Wildman–Crippen LogP) is -0.259. The van der Waals surface area contributed by atoms with Crippen molar-refractivity contribution in [3.8, 4) is 0 Å². The second kappa shape index (κ2) is 2.54. The molecule has 1 aliphatic carbocycles. The normalized spacial score (nSPS) is 23.5.